The van der Waals surface area contributed by atoms with Crippen molar-refractivity contribution < 1.29 is 23.1 Å². The van der Waals surface area contributed by atoms with Gasteiger partial charge in [0.1, 0.15) is 11.3 Å². The lowest BCUT2D eigenvalue weighted by Gasteiger charge is -2.36. The highest BCUT2D eigenvalue weighted by Gasteiger charge is 2.43. The molecule has 0 heterocycles. The van der Waals surface area contributed by atoms with Crippen molar-refractivity contribution in [2.24, 2.45) is 11.8 Å². The van der Waals surface area contributed by atoms with Gasteiger partial charge in [0.2, 0.25) is 15.9 Å². The van der Waals surface area contributed by atoms with Gasteiger partial charge in [0.15, 0.2) is 0 Å². The highest BCUT2D eigenvalue weighted by atomic mass is 32.2. The van der Waals surface area contributed by atoms with Gasteiger partial charge in [-0.15, -0.1) is 0 Å². The van der Waals surface area contributed by atoms with Crippen molar-refractivity contribution in [3.63, 3.8) is 0 Å². The van der Waals surface area contributed by atoms with Crippen molar-refractivity contribution >= 4 is 21.9 Å². The molecule has 2 fully saturated rings. The molecule has 0 spiro atoms. The van der Waals surface area contributed by atoms with Crippen LogP contribution in [0.3, 0.4) is 0 Å². The van der Waals surface area contributed by atoms with E-state index >= 15 is 0 Å². The molecule has 0 saturated heterocycles. The third kappa shape index (κ3) is 5.67. The average Bonchev–Trinajstić information content (AvgIpc) is 2.51. The first kappa shape index (κ1) is 20.2. The lowest BCUT2D eigenvalue weighted by atomic mass is 9.77. The van der Waals surface area contributed by atoms with Gasteiger partial charge in [0.25, 0.3) is 0 Å². The van der Waals surface area contributed by atoms with E-state index in [4.69, 9.17) is 0 Å². The van der Waals surface area contributed by atoms with Gasteiger partial charge in [-0.1, -0.05) is 13.8 Å². The predicted octanol–water partition coefficient (Wildman–Crippen LogP) is 1.63. The van der Waals surface area contributed by atoms with Crippen LogP contribution in [0.25, 0.3) is 0 Å². The van der Waals surface area contributed by atoms with Crippen molar-refractivity contribution in [3.8, 4) is 0 Å². The van der Waals surface area contributed by atoms with Gasteiger partial charge in [-0.3, -0.25) is 4.79 Å². The molecule has 0 aromatic carbocycles. The Balaban J connectivity index is 1.92. The maximum atomic E-state index is 12.2. The molecule has 7 nitrogen and oxygen atoms in total. The van der Waals surface area contributed by atoms with E-state index in [2.05, 4.69) is 17.0 Å². The molecule has 25 heavy (non-hydrogen) atoms. The summed E-state index contributed by atoms with van der Waals surface area (Å²) in [6.45, 7) is 4.20. The topological polar surface area (TPSA) is 113 Å². The number of nitrogens with one attached hydrogen (secondary N) is 2. The van der Waals surface area contributed by atoms with Crippen LogP contribution in [0.4, 0.5) is 0 Å². The van der Waals surface area contributed by atoms with Crippen LogP contribution in [0.5, 0.6) is 0 Å². The monoisotopic (exact) mass is 374 g/mol. The van der Waals surface area contributed by atoms with Crippen molar-refractivity contribution in [2.75, 3.05) is 5.75 Å². The molecule has 2 aliphatic rings. The van der Waals surface area contributed by atoms with Crippen LogP contribution in [-0.4, -0.2) is 42.7 Å². The lowest BCUT2D eigenvalue weighted by Crippen LogP contribution is -2.57. The molecule has 2 saturated carbocycles. The van der Waals surface area contributed by atoms with E-state index in [1.54, 1.807) is 0 Å². The number of aliphatic carboxylic acids is 1. The normalized spacial score (nSPS) is 33.6. The Kier molecular flexibility index (Phi) is 6.48. The summed E-state index contributed by atoms with van der Waals surface area (Å²) in [5.74, 6) is -1.52. The lowest BCUT2D eigenvalue weighted by molar-refractivity contribution is -0.149. The molecule has 0 atom stereocenters. The van der Waals surface area contributed by atoms with Crippen LogP contribution in [-0.2, 0) is 19.6 Å². The molecule has 0 aromatic rings. The number of carbonyl (C=O) groups is 2. The molecular weight excluding hydrogens is 344 g/mol. The third-order valence-electron chi connectivity index (χ3n) is 5.60. The minimum atomic E-state index is -3.77. The van der Waals surface area contributed by atoms with Gasteiger partial charge >= 0.3 is 5.97 Å². The molecule has 8 heteroatoms. The minimum absolute atomic E-state index is 0.127. The van der Waals surface area contributed by atoms with E-state index in [-0.39, 0.29) is 6.04 Å². The van der Waals surface area contributed by atoms with Crippen LogP contribution in [0.15, 0.2) is 0 Å². The number of carboxylic acid groups (broad SMARTS) is 1. The van der Waals surface area contributed by atoms with Gasteiger partial charge in [-0.05, 0) is 63.2 Å². The SMILES string of the molecule is CC1CCC(NS(=O)(=O)CC(=O)NC2(C(=O)O)CCC(C)CC2)CC1. The van der Waals surface area contributed by atoms with E-state index < -0.39 is 33.2 Å². The van der Waals surface area contributed by atoms with Gasteiger partial charge in [0, 0.05) is 6.04 Å². The summed E-state index contributed by atoms with van der Waals surface area (Å²) in [7, 11) is -3.77. The molecule has 2 rings (SSSR count). The fourth-order valence-corrected chi connectivity index (χ4v) is 5.04. The van der Waals surface area contributed by atoms with Crippen molar-refractivity contribution in [2.45, 2.75) is 76.8 Å². The molecule has 0 aliphatic heterocycles. The maximum Gasteiger partial charge on any atom is 0.329 e. The van der Waals surface area contributed by atoms with E-state index in [1.165, 1.54) is 0 Å². The second-order valence-electron chi connectivity index (χ2n) is 7.95. The predicted molar refractivity (Wildman–Crippen MR) is 94.5 cm³/mol. The summed E-state index contributed by atoms with van der Waals surface area (Å²) in [6, 6.07) is -0.127. The second-order valence-corrected chi connectivity index (χ2v) is 9.71. The summed E-state index contributed by atoms with van der Waals surface area (Å²) >= 11 is 0. The number of carbonyl (C=O) groups excluding carboxylic acids is 1. The van der Waals surface area contributed by atoms with Crippen LogP contribution >= 0.6 is 0 Å². The Morgan fingerprint density at radius 1 is 1.00 bits per heavy atom. The fraction of sp³-hybridized carbons (Fsp3) is 0.882. The maximum absolute atomic E-state index is 12.2. The largest absolute Gasteiger partial charge is 0.480 e. The van der Waals surface area contributed by atoms with Crippen LogP contribution in [0, 0.1) is 11.8 Å². The Morgan fingerprint density at radius 3 is 2.04 bits per heavy atom. The molecule has 2 aliphatic carbocycles. The Morgan fingerprint density at radius 2 is 1.52 bits per heavy atom. The number of amides is 1. The Labute approximate surface area is 150 Å². The zero-order valence-corrected chi connectivity index (χ0v) is 15.9. The van der Waals surface area contributed by atoms with Gasteiger partial charge < -0.3 is 10.4 Å². The van der Waals surface area contributed by atoms with E-state index in [9.17, 15) is 23.1 Å². The van der Waals surface area contributed by atoms with Gasteiger partial charge in [-0.2, -0.15) is 0 Å². The smallest absolute Gasteiger partial charge is 0.329 e. The quantitative estimate of drug-likeness (QED) is 0.654. The van der Waals surface area contributed by atoms with Crippen molar-refractivity contribution in [1.82, 2.24) is 10.0 Å². The Hall–Kier alpha value is -1.15. The minimum Gasteiger partial charge on any atom is -0.480 e. The molecule has 0 unspecified atom stereocenters. The molecular formula is C17H30N2O5S. The molecule has 1 amide bonds. The number of carboxylic acids is 1. The summed E-state index contributed by atoms with van der Waals surface area (Å²) < 4.78 is 27.1. The number of rotatable bonds is 6. The molecule has 0 aromatic heterocycles. The summed E-state index contributed by atoms with van der Waals surface area (Å²) in [6.07, 6.45) is 5.58. The first-order valence-electron chi connectivity index (χ1n) is 9.16. The number of hydrogen-bond donors (Lipinski definition) is 3. The second kappa shape index (κ2) is 8.03. The number of sulfonamides is 1. The third-order valence-corrected chi connectivity index (χ3v) is 6.93. The first-order chi connectivity index (χ1) is 11.6. The zero-order chi connectivity index (χ0) is 18.7. The zero-order valence-electron chi connectivity index (χ0n) is 15.1. The van der Waals surface area contributed by atoms with Gasteiger partial charge in [-0.25, -0.2) is 17.9 Å². The van der Waals surface area contributed by atoms with Crippen LogP contribution in [0.1, 0.15) is 65.2 Å². The molecule has 0 radical (unpaired) electrons. The first-order valence-corrected chi connectivity index (χ1v) is 10.8. The molecule has 0 bridgehead atoms. The molecule has 3 N–H and O–H groups in total. The summed E-state index contributed by atoms with van der Waals surface area (Å²) in [4.78, 5) is 23.9. The highest BCUT2D eigenvalue weighted by Crippen LogP contribution is 2.32. The average molecular weight is 375 g/mol. The van der Waals surface area contributed by atoms with Crippen molar-refractivity contribution in [1.29, 1.82) is 0 Å². The van der Waals surface area contributed by atoms with Crippen molar-refractivity contribution in [3.05, 3.63) is 0 Å². The van der Waals surface area contributed by atoms with E-state index in [1.807, 2.05) is 6.92 Å². The fourth-order valence-electron chi connectivity index (χ4n) is 3.80. The van der Waals surface area contributed by atoms with Gasteiger partial charge in [0.05, 0.1) is 0 Å². The van der Waals surface area contributed by atoms with E-state index in [0.717, 1.165) is 25.7 Å². The van der Waals surface area contributed by atoms with Crippen LogP contribution < -0.4 is 10.0 Å². The molecule has 144 valence electrons. The highest BCUT2D eigenvalue weighted by molar-refractivity contribution is 7.90. The summed E-state index contributed by atoms with van der Waals surface area (Å²) in [5.41, 5.74) is -1.33. The Bertz CT molecular complexity index is 588. The standard InChI is InChI=1S/C17H30N2O5S/c1-12-3-5-14(6-4-12)19-25(23,24)11-15(20)18-17(16(21)22)9-7-13(2)8-10-17/h12-14,19H,3-11H2,1-2H3,(H,18,20)(H,21,22). The summed E-state index contributed by atoms with van der Waals surface area (Å²) in [5, 5.41) is 12.0. The number of hydrogen-bond acceptors (Lipinski definition) is 4. The van der Waals surface area contributed by atoms with E-state index in [0.29, 0.717) is 37.5 Å². The van der Waals surface area contributed by atoms with Crippen LogP contribution in [0.2, 0.25) is 0 Å².